The van der Waals surface area contributed by atoms with Crippen molar-refractivity contribution in [3.05, 3.63) is 24.3 Å². The maximum atomic E-state index is 12.8. The maximum Gasteiger partial charge on any atom is 0.251 e. The number of imide groups is 1. The van der Waals surface area contributed by atoms with Gasteiger partial charge in [-0.25, -0.2) is 4.90 Å². The van der Waals surface area contributed by atoms with Crippen molar-refractivity contribution in [2.45, 2.75) is 58.5 Å². The Balaban J connectivity index is 1.69. The first-order chi connectivity index (χ1) is 12.4. The minimum atomic E-state index is -0.449. The second-order valence-electron chi connectivity index (χ2n) is 7.59. The molecule has 1 heterocycles. The van der Waals surface area contributed by atoms with Gasteiger partial charge in [0, 0.05) is 18.7 Å². The van der Waals surface area contributed by atoms with Gasteiger partial charge in [0.15, 0.2) is 0 Å². The Bertz CT molecular complexity index is 701. The Hall–Kier alpha value is -2.21. The molecule has 1 saturated carbocycles. The Labute approximate surface area is 154 Å². The minimum Gasteiger partial charge on any atom is -0.326 e. The molecule has 140 valence electrons. The Kier molecular flexibility index (Phi) is 5.41. The number of hydrogen-bond donors (Lipinski definition) is 2. The van der Waals surface area contributed by atoms with Crippen LogP contribution in [0.3, 0.4) is 0 Å². The van der Waals surface area contributed by atoms with Gasteiger partial charge in [0.25, 0.3) is 5.91 Å². The smallest absolute Gasteiger partial charge is 0.251 e. The van der Waals surface area contributed by atoms with Crippen LogP contribution in [0.2, 0.25) is 0 Å². The fourth-order valence-corrected chi connectivity index (χ4v) is 4.01. The van der Waals surface area contributed by atoms with Crippen molar-refractivity contribution in [2.75, 3.05) is 10.2 Å². The highest BCUT2D eigenvalue weighted by molar-refractivity contribution is 6.22. The predicted molar refractivity (Wildman–Crippen MR) is 101 cm³/mol. The highest BCUT2D eigenvalue weighted by Gasteiger charge is 2.41. The molecule has 2 aliphatic rings. The molecule has 1 aromatic rings. The molecule has 3 amide bonds. The number of anilines is 2. The van der Waals surface area contributed by atoms with Crippen LogP contribution in [0.15, 0.2) is 24.3 Å². The van der Waals surface area contributed by atoms with E-state index in [-0.39, 0.29) is 30.2 Å². The summed E-state index contributed by atoms with van der Waals surface area (Å²) < 4.78 is 0. The summed E-state index contributed by atoms with van der Waals surface area (Å²) in [6, 6.07) is 6.60. The SMILES string of the molecule is CC(=O)Nc1ccc(N2C(=O)C[C@@H](N[C@H]3CCC[C@@H](C)[C@H]3C)C2=O)cc1. The number of benzene rings is 1. The quantitative estimate of drug-likeness (QED) is 0.812. The van der Waals surface area contributed by atoms with Gasteiger partial charge in [-0.2, -0.15) is 0 Å². The van der Waals surface area contributed by atoms with Gasteiger partial charge >= 0.3 is 0 Å². The van der Waals surface area contributed by atoms with Crippen molar-refractivity contribution in [3.8, 4) is 0 Å². The average Bonchev–Trinajstić information content (AvgIpc) is 2.86. The number of hydrogen-bond acceptors (Lipinski definition) is 4. The summed E-state index contributed by atoms with van der Waals surface area (Å²) in [4.78, 5) is 37.6. The number of rotatable bonds is 4. The topological polar surface area (TPSA) is 78.5 Å². The van der Waals surface area contributed by atoms with E-state index in [0.29, 0.717) is 23.2 Å². The fraction of sp³-hybridized carbons (Fsp3) is 0.550. The van der Waals surface area contributed by atoms with E-state index < -0.39 is 6.04 Å². The summed E-state index contributed by atoms with van der Waals surface area (Å²) in [5, 5.41) is 6.12. The maximum absolute atomic E-state index is 12.8. The average molecular weight is 357 g/mol. The summed E-state index contributed by atoms with van der Waals surface area (Å²) >= 11 is 0. The molecular weight excluding hydrogens is 330 g/mol. The van der Waals surface area contributed by atoms with Crippen LogP contribution in [0.5, 0.6) is 0 Å². The summed E-state index contributed by atoms with van der Waals surface area (Å²) in [5.74, 6) is 0.596. The molecule has 6 heteroatoms. The standard InChI is InChI=1S/C20H27N3O3/c1-12-5-4-6-17(13(12)2)22-18-11-19(25)23(20(18)26)16-9-7-15(8-10-16)21-14(3)24/h7-10,12-13,17-18,22H,4-6,11H2,1-3H3,(H,21,24)/t12-,13-,17+,18-/m1/s1. The van der Waals surface area contributed by atoms with Gasteiger partial charge in [0.05, 0.1) is 18.2 Å². The van der Waals surface area contributed by atoms with Crippen LogP contribution < -0.4 is 15.5 Å². The molecule has 0 aromatic heterocycles. The van der Waals surface area contributed by atoms with Crippen molar-refractivity contribution < 1.29 is 14.4 Å². The number of nitrogens with zero attached hydrogens (tertiary/aromatic N) is 1. The van der Waals surface area contributed by atoms with E-state index in [0.717, 1.165) is 12.8 Å². The molecule has 2 N–H and O–H groups in total. The zero-order valence-corrected chi connectivity index (χ0v) is 15.6. The Morgan fingerprint density at radius 2 is 1.81 bits per heavy atom. The molecule has 1 aromatic carbocycles. The highest BCUT2D eigenvalue weighted by Crippen LogP contribution is 2.31. The van der Waals surface area contributed by atoms with Gasteiger partial charge in [-0.3, -0.25) is 14.4 Å². The Morgan fingerprint density at radius 1 is 1.12 bits per heavy atom. The van der Waals surface area contributed by atoms with E-state index in [1.54, 1.807) is 24.3 Å². The monoisotopic (exact) mass is 357 g/mol. The first kappa shape index (κ1) is 18.6. The zero-order chi connectivity index (χ0) is 18.8. The molecule has 1 saturated heterocycles. The second kappa shape index (κ2) is 7.58. The van der Waals surface area contributed by atoms with Crippen LogP contribution in [0.4, 0.5) is 11.4 Å². The van der Waals surface area contributed by atoms with Gasteiger partial charge in [0.1, 0.15) is 0 Å². The molecule has 0 unspecified atom stereocenters. The largest absolute Gasteiger partial charge is 0.326 e. The number of carbonyl (C=O) groups is 3. The van der Waals surface area contributed by atoms with Crippen molar-refractivity contribution in [2.24, 2.45) is 11.8 Å². The molecule has 1 aliphatic carbocycles. The van der Waals surface area contributed by atoms with Crippen molar-refractivity contribution in [3.63, 3.8) is 0 Å². The molecule has 6 nitrogen and oxygen atoms in total. The van der Waals surface area contributed by atoms with Gasteiger partial charge in [-0.15, -0.1) is 0 Å². The van der Waals surface area contributed by atoms with Gasteiger partial charge in [-0.1, -0.05) is 26.7 Å². The molecule has 0 bridgehead atoms. The molecule has 4 atom stereocenters. The number of nitrogens with one attached hydrogen (secondary N) is 2. The molecule has 0 radical (unpaired) electrons. The van der Waals surface area contributed by atoms with Gasteiger partial charge < -0.3 is 10.6 Å². The zero-order valence-electron chi connectivity index (χ0n) is 15.6. The third kappa shape index (κ3) is 3.80. The first-order valence-corrected chi connectivity index (χ1v) is 9.37. The van der Waals surface area contributed by atoms with Crippen molar-refractivity contribution in [1.82, 2.24) is 5.32 Å². The van der Waals surface area contributed by atoms with E-state index >= 15 is 0 Å². The lowest BCUT2D eigenvalue weighted by atomic mass is 9.78. The fourth-order valence-electron chi connectivity index (χ4n) is 4.01. The molecular formula is C20H27N3O3. The first-order valence-electron chi connectivity index (χ1n) is 9.37. The van der Waals surface area contributed by atoms with Gasteiger partial charge in [0.2, 0.25) is 11.8 Å². The predicted octanol–water partition coefficient (Wildman–Crippen LogP) is 2.69. The summed E-state index contributed by atoms with van der Waals surface area (Å²) in [5.41, 5.74) is 1.18. The van der Waals surface area contributed by atoms with E-state index in [2.05, 4.69) is 24.5 Å². The van der Waals surface area contributed by atoms with Crippen LogP contribution in [-0.2, 0) is 14.4 Å². The van der Waals surface area contributed by atoms with Crippen LogP contribution in [0.25, 0.3) is 0 Å². The lowest BCUT2D eigenvalue weighted by Gasteiger charge is -2.36. The molecule has 2 fully saturated rings. The summed E-state index contributed by atoms with van der Waals surface area (Å²) in [6.07, 6.45) is 3.63. The van der Waals surface area contributed by atoms with Gasteiger partial charge in [-0.05, 0) is 42.5 Å². The minimum absolute atomic E-state index is 0.161. The third-order valence-electron chi connectivity index (χ3n) is 5.71. The molecule has 1 aliphatic heterocycles. The Morgan fingerprint density at radius 3 is 2.46 bits per heavy atom. The molecule has 3 rings (SSSR count). The molecule has 0 spiro atoms. The van der Waals surface area contributed by atoms with E-state index in [4.69, 9.17) is 0 Å². The number of amides is 3. The van der Waals surface area contributed by atoms with E-state index in [1.807, 2.05) is 0 Å². The lowest BCUT2D eigenvalue weighted by molar-refractivity contribution is -0.122. The van der Waals surface area contributed by atoms with Crippen LogP contribution >= 0.6 is 0 Å². The van der Waals surface area contributed by atoms with E-state index in [1.165, 1.54) is 18.2 Å². The van der Waals surface area contributed by atoms with E-state index in [9.17, 15) is 14.4 Å². The van der Waals surface area contributed by atoms with Crippen molar-refractivity contribution in [1.29, 1.82) is 0 Å². The molecule has 26 heavy (non-hydrogen) atoms. The normalized spacial score (nSPS) is 29.1. The summed E-state index contributed by atoms with van der Waals surface area (Å²) in [6.45, 7) is 5.91. The summed E-state index contributed by atoms with van der Waals surface area (Å²) in [7, 11) is 0. The third-order valence-corrected chi connectivity index (χ3v) is 5.71. The highest BCUT2D eigenvalue weighted by atomic mass is 16.2. The lowest BCUT2D eigenvalue weighted by Crippen LogP contribution is -2.48. The van der Waals surface area contributed by atoms with Crippen molar-refractivity contribution >= 4 is 29.1 Å². The van der Waals surface area contributed by atoms with Crippen LogP contribution in [0, 0.1) is 11.8 Å². The number of carbonyl (C=O) groups excluding carboxylic acids is 3. The van der Waals surface area contributed by atoms with Crippen LogP contribution in [0.1, 0.15) is 46.5 Å². The van der Waals surface area contributed by atoms with Crippen LogP contribution in [-0.4, -0.2) is 29.8 Å². The second-order valence-corrected chi connectivity index (χ2v) is 7.59.